The summed E-state index contributed by atoms with van der Waals surface area (Å²) in [6, 6.07) is 4.50. The molecule has 1 heterocycles. The van der Waals surface area contributed by atoms with Crippen molar-refractivity contribution in [1.29, 1.82) is 0 Å². The van der Waals surface area contributed by atoms with Crippen molar-refractivity contribution in [1.82, 2.24) is 0 Å². The maximum Gasteiger partial charge on any atom is 0.416 e. The molecule has 1 aromatic carbocycles. The zero-order valence-corrected chi connectivity index (χ0v) is 12.3. The molecule has 1 aliphatic heterocycles. The van der Waals surface area contributed by atoms with Crippen molar-refractivity contribution in [3.8, 4) is 0 Å². The molecule has 0 amide bonds. The highest BCUT2D eigenvalue weighted by Crippen LogP contribution is 2.36. The summed E-state index contributed by atoms with van der Waals surface area (Å²) >= 11 is 5.61. The van der Waals surface area contributed by atoms with Gasteiger partial charge in [-0.1, -0.05) is 13.0 Å². The molecule has 0 spiro atoms. The van der Waals surface area contributed by atoms with Crippen LogP contribution in [0.25, 0.3) is 0 Å². The molecule has 1 fully saturated rings. The fourth-order valence-electron chi connectivity index (χ4n) is 2.66. The SMILES string of the molecule is CC1CCCN(c2ccc(CCl)c(C(F)(F)F)c2)CC1. The molecular formula is C15H19ClF3N. The van der Waals surface area contributed by atoms with Gasteiger partial charge in [-0.3, -0.25) is 0 Å². The molecular weight excluding hydrogens is 287 g/mol. The fourth-order valence-corrected chi connectivity index (χ4v) is 2.90. The van der Waals surface area contributed by atoms with E-state index < -0.39 is 11.7 Å². The lowest BCUT2D eigenvalue weighted by Gasteiger charge is -2.24. The first-order chi connectivity index (χ1) is 9.41. The molecule has 20 heavy (non-hydrogen) atoms. The van der Waals surface area contributed by atoms with Crippen LogP contribution in [0.5, 0.6) is 0 Å². The summed E-state index contributed by atoms with van der Waals surface area (Å²) in [6.07, 6.45) is -1.15. The Morgan fingerprint density at radius 3 is 2.65 bits per heavy atom. The summed E-state index contributed by atoms with van der Waals surface area (Å²) in [4.78, 5) is 2.05. The number of hydrogen-bond donors (Lipinski definition) is 0. The first-order valence-corrected chi connectivity index (χ1v) is 7.46. The largest absolute Gasteiger partial charge is 0.416 e. The number of halogens is 4. The van der Waals surface area contributed by atoms with Crippen molar-refractivity contribution in [2.75, 3.05) is 18.0 Å². The molecule has 0 N–H and O–H groups in total. The normalized spacial score (nSPS) is 20.9. The summed E-state index contributed by atoms with van der Waals surface area (Å²) in [7, 11) is 0. The van der Waals surface area contributed by atoms with Crippen molar-refractivity contribution < 1.29 is 13.2 Å². The number of benzene rings is 1. The number of nitrogens with zero attached hydrogens (tertiary/aromatic N) is 1. The third-order valence-corrected chi connectivity index (χ3v) is 4.21. The van der Waals surface area contributed by atoms with E-state index in [0.29, 0.717) is 11.6 Å². The molecule has 2 rings (SSSR count). The number of hydrogen-bond acceptors (Lipinski definition) is 1. The minimum Gasteiger partial charge on any atom is -0.372 e. The van der Waals surface area contributed by atoms with E-state index in [1.807, 2.05) is 0 Å². The van der Waals surface area contributed by atoms with E-state index >= 15 is 0 Å². The average Bonchev–Trinajstić information content (AvgIpc) is 2.62. The molecule has 112 valence electrons. The second-order valence-electron chi connectivity index (χ2n) is 5.50. The molecule has 1 aromatic rings. The van der Waals surface area contributed by atoms with Crippen LogP contribution in [0.2, 0.25) is 0 Å². The number of alkyl halides is 4. The summed E-state index contributed by atoms with van der Waals surface area (Å²) in [5, 5.41) is 0. The summed E-state index contributed by atoms with van der Waals surface area (Å²) < 4.78 is 39.1. The van der Waals surface area contributed by atoms with E-state index in [2.05, 4.69) is 11.8 Å². The lowest BCUT2D eigenvalue weighted by Crippen LogP contribution is -2.24. The van der Waals surface area contributed by atoms with Gasteiger partial charge in [0.05, 0.1) is 5.56 Å². The lowest BCUT2D eigenvalue weighted by molar-refractivity contribution is -0.138. The summed E-state index contributed by atoms with van der Waals surface area (Å²) in [6.45, 7) is 3.84. The van der Waals surface area contributed by atoms with Crippen molar-refractivity contribution in [3.05, 3.63) is 29.3 Å². The van der Waals surface area contributed by atoms with Gasteiger partial charge >= 0.3 is 6.18 Å². The topological polar surface area (TPSA) is 3.24 Å². The molecule has 0 radical (unpaired) electrons. The van der Waals surface area contributed by atoms with Crippen LogP contribution in [0.15, 0.2) is 18.2 Å². The summed E-state index contributed by atoms with van der Waals surface area (Å²) in [5.41, 5.74) is 0.189. The third-order valence-electron chi connectivity index (χ3n) is 3.92. The highest BCUT2D eigenvalue weighted by atomic mass is 35.5. The van der Waals surface area contributed by atoms with Crippen LogP contribution < -0.4 is 4.90 Å². The first kappa shape index (κ1) is 15.5. The van der Waals surface area contributed by atoms with E-state index in [0.717, 1.165) is 32.4 Å². The zero-order chi connectivity index (χ0) is 14.8. The third kappa shape index (κ3) is 3.60. The Balaban J connectivity index is 2.28. The maximum absolute atomic E-state index is 13.0. The van der Waals surface area contributed by atoms with Crippen molar-refractivity contribution in [2.24, 2.45) is 5.92 Å². The molecule has 5 heteroatoms. The van der Waals surface area contributed by atoms with Crippen molar-refractivity contribution >= 4 is 17.3 Å². The molecule has 1 saturated heterocycles. The highest BCUT2D eigenvalue weighted by Gasteiger charge is 2.33. The van der Waals surface area contributed by atoms with Gasteiger partial charge in [0.2, 0.25) is 0 Å². The highest BCUT2D eigenvalue weighted by molar-refractivity contribution is 6.17. The van der Waals surface area contributed by atoms with Crippen LogP contribution in [0.3, 0.4) is 0 Å². The second kappa shape index (κ2) is 6.25. The molecule has 1 nitrogen and oxygen atoms in total. The molecule has 0 saturated carbocycles. The van der Waals surface area contributed by atoms with Gasteiger partial charge in [0.25, 0.3) is 0 Å². The Labute approximate surface area is 122 Å². The van der Waals surface area contributed by atoms with Gasteiger partial charge in [0.15, 0.2) is 0 Å². The van der Waals surface area contributed by atoms with Crippen molar-refractivity contribution in [2.45, 2.75) is 38.2 Å². The Kier molecular flexibility index (Phi) is 4.84. The fraction of sp³-hybridized carbons (Fsp3) is 0.600. The standard InChI is InChI=1S/C15H19ClF3N/c1-11-3-2-7-20(8-6-11)13-5-4-12(10-16)14(9-13)15(17,18)19/h4-5,9,11H,2-3,6-8,10H2,1H3. The molecule has 0 bridgehead atoms. The van der Waals surface area contributed by atoms with Crippen LogP contribution in [-0.4, -0.2) is 13.1 Å². The first-order valence-electron chi connectivity index (χ1n) is 6.93. The van der Waals surface area contributed by atoms with Crippen LogP contribution in [-0.2, 0) is 12.1 Å². The maximum atomic E-state index is 13.0. The molecule has 0 aromatic heterocycles. The second-order valence-corrected chi connectivity index (χ2v) is 5.76. The van der Waals surface area contributed by atoms with Crippen LogP contribution in [0.4, 0.5) is 18.9 Å². The van der Waals surface area contributed by atoms with Crippen molar-refractivity contribution in [3.63, 3.8) is 0 Å². The monoisotopic (exact) mass is 305 g/mol. The predicted octanol–water partition coefficient (Wildman–Crippen LogP) is 5.07. The van der Waals surface area contributed by atoms with Gasteiger partial charge in [-0.15, -0.1) is 11.6 Å². The minimum atomic E-state index is -4.35. The van der Waals surface area contributed by atoms with E-state index in [9.17, 15) is 13.2 Å². The Bertz CT molecular complexity index is 459. The Morgan fingerprint density at radius 1 is 1.25 bits per heavy atom. The predicted molar refractivity (Wildman–Crippen MR) is 76.2 cm³/mol. The van der Waals surface area contributed by atoms with Gasteiger partial charge in [-0.05, 0) is 42.9 Å². The average molecular weight is 306 g/mol. The quantitative estimate of drug-likeness (QED) is 0.689. The summed E-state index contributed by atoms with van der Waals surface area (Å²) in [5.74, 6) is 0.524. The number of rotatable bonds is 2. The van der Waals surface area contributed by atoms with E-state index in [1.54, 1.807) is 6.07 Å². The lowest BCUT2D eigenvalue weighted by atomic mass is 10.0. The molecule has 1 atom stereocenters. The van der Waals surface area contributed by atoms with Gasteiger partial charge < -0.3 is 4.90 Å². The molecule has 0 aliphatic carbocycles. The zero-order valence-electron chi connectivity index (χ0n) is 11.5. The van der Waals surface area contributed by atoms with E-state index in [1.165, 1.54) is 12.1 Å². The van der Waals surface area contributed by atoms with E-state index in [-0.39, 0.29) is 11.4 Å². The van der Waals surface area contributed by atoms with Crippen LogP contribution >= 0.6 is 11.6 Å². The molecule has 1 unspecified atom stereocenters. The molecule has 1 aliphatic rings. The van der Waals surface area contributed by atoms with Gasteiger partial charge in [0.1, 0.15) is 0 Å². The van der Waals surface area contributed by atoms with Crippen LogP contribution in [0.1, 0.15) is 37.3 Å². The van der Waals surface area contributed by atoms with E-state index in [4.69, 9.17) is 11.6 Å². The Morgan fingerprint density at radius 2 is 2.00 bits per heavy atom. The van der Waals surface area contributed by atoms with Gasteiger partial charge in [-0.25, -0.2) is 0 Å². The smallest absolute Gasteiger partial charge is 0.372 e. The Hall–Kier alpha value is -0.900. The van der Waals surface area contributed by atoms with Crippen LogP contribution in [0, 0.1) is 5.92 Å². The van der Waals surface area contributed by atoms with Gasteiger partial charge in [-0.2, -0.15) is 13.2 Å². The van der Waals surface area contributed by atoms with Gasteiger partial charge in [0, 0.05) is 24.7 Å². The number of anilines is 1. The minimum absolute atomic E-state index is 0.119.